The van der Waals surface area contributed by atoms with Gasteiger partial charge in [0.15, 0.2) is 0 Å². The fourth-order valence-corrected chi connectivity index (χ4v) is 2.64. The summed E-state index contributed by atoms with van der Waals surface area (Å²) in [6.45, 7) is 0.496. The summed E-state index contributed by atoms with van der Waals surface area (Å²) in [7, 11) is 1.75. The Bertz CT molecular complexity index is 722. The molecule has 112 valence electrons. The molecular formula is C15H15N5OS. The fourth-order valence-electron chi connectivity index (χ4n) is 1.97. The number of benzene rings is 1. The summed E-state index contributed by atoms with van der Waals surface area (Å²) in [6.07, 6.45) is 3.44. The molecule has 3 rings (SSSR count). The minimum Gasteiger partial charge on any atom is -0.321 e. The molecule has 2 amide bonds. The molecule has 2 aromatic heterocycles. The number of hydrogen-bond acceptors (Lipinski definition) is 4. The van der Waals surface area contributed by atoms with Crippen LogP contribution in [0.3, 0.4) is 0 Å². The van der Waals surface area contributed by atoms with E-state index in [1.165, 1.54) is 11.3 Å². The standard InChI is InChI=1S/C15H15N5OS/c1-20(10-14-16-8-9-22-14)15(21)18-12-4-2-11(3-5-12)13-6-7-17-19-13/h2-9H,10H2,1H3,(H,17,19)(H,18,21). The highest BCUT2D eigenvalue weighted by Gasteiger charge is 2.10. The highest BCUT2D eigenvalue weighted by Crippen LogP contribution is 2.19. The average Bonchev–Trinajstić information content (AvgIpc) is 3.21. The van der Waals surface area contributed by atoms with E-state index in [4.69, 9.17) is 0 Å². The normalized spacial score (nSPS) is 10.4. The predicted octanol–water partition coefficient (Wildman–Crippen LogP) is 3.20. The second-order valence-electron chi connectivity index (χ2n) is 4.76. The number of aromatic amines is 1. The number of anilines is 1. The average molecular weight is 313 g/mol. The first-order chi connectivity index (χ1) is 10.7. The number of urea groups is 1. The van der Waals surface area contributed by atoms with Crippen LogP contribution in [0.2, 0.25) is 0 Å². The lowest BCUT2D eigenvalue weighted by Gasteiger charge is -2.16. The molecule has 22 heavy (non-hydrogen) atoms. The van der Waals surface area contributed by atoms with Gasteiger partial charge in [-0.2, -0.15) is 5.10 Å². The Kier molecular flexibility index (Phi) is 4.15. The first-order valence-corrected chi connectivity index (χ1v) is 7.60. The summed E-state index contributed by atoms with van der Waals surface area (Å²) >= 11 is 1.53. The number of nitrogens with zero attached hydrogens (tertiary/aromatic N) is 3. The van der Waals surface area contributed by atoms with E-state index in [0.717, 1.165) is 22.0 Å². The van der Waals surface area contributed by atoms with E-state index in [1.54, 1.807) is 24.3 Å². The lowest BCUT2D eigenvalue weighted by molar-refractivity contribution is 0.220. The van der Waals surface area contributed by atoms with Crippen molar-refractivity contribution in [2.45, 2.75) is 6.54 Å². The van der Waals surface area contributed by atoms with Crippen molar-refractivity contribution in [3.63, 3.8) is 0 Å². The van der Waals surface area contributed by atoms with Gasteiger partial charge in [-0.1, -0.05) is 12.1 Å². The molecule has 0 aliphatic heterocycles. The van der Waals surface area contributed by atoms with Gasteiger partial charge in [0.2, 0.25) is 0 Å². The zero-order valence-corrected chi connectivity index (χ0v) is 12.8. The number of carbonyl (C=O) groups is 1. The summed E-state index contributed by atoms with van der Waals surface area (Å²) in [5, 5.41) is 12.5. The van der Waals surface area contributed by atoms with Gasteiger partial charge in [0, 0.05) is 30.5 Å². The van der Waals surface area contributed by atoms with Crippen LogP contribution in [0, 0.1) is 0 Å². The third kappa shape index (κ3) is 3.32. The molecule has 0 atom stereocenters. The lowest BCUT2D eigenvalue weighted by Crippen LogP contribution is -2.30. The molecule has 0 saturated carbocycles. The monoisotopic (exact) mass is 313 g/mol. The molecule has 0 saturated heterocycles. The van der Waals surface area contributed by atoms with Crippen LogP contribution < -0.4 is 5.32 Å². The number of hydrogen-bond donors (Lipinski definition) is 2. The van der Waals surface area contributed by atoms with Gasteiger partial charge in [-0.25, -0.2) is 9.78 Å². The number of H-pyrrole nitrogens is 1. The summed E-state index contributed by atoms with van der Waals surface area (Å²) in [5.41, 5.74) is 2.71. The Balaban J connectivity index is 1.61. The second-order valence-corrected chi connectivity index (χ2v) is 5.74. The Hall–Kier alpha value is -2.67. The molecule has 3 aromatic rings. The summed E-state index contributed by atoms with van der Waals surface area (Å²) in [6, 6.07) is 9.34. The van der Waals surface area contributed by atoms with Gasteiger partial charge in [-0.15, -0.1) is 11.3 Å². The molecule has 0 aliphatic rings. The lowest BCUT2D eigenvalue weighted by atomic mass is 10.1. The largest absolute Gasteiger partial charge is 0.321 e. The van der Waals surface area contributed by atoms with Crippen LogP contribution in [0.15, 0.2) is 48.1 Å². The summed E-state index contributed by atoms with van der Waals surface area (Å²) in [5.74, 6) is 0. The maximum Gasteiger partial charge on any atom is 0.321 e. The number of thiazole rings is 1. The predicted molar refractivity (Wildman–Crippen MR) is 86.6 cm³/mol. The zero-order chi connectivity index (χ0) is 15.4. The minimum absolute atomic E-state index is 0.163. The van der Waals surface area contributed by atoms with Crippen molar-refractivity contribution in [2.75, 3.05) is 12.4 Å². The minimum atomic E-state index is -0.163. The van der Waals surface area contributed by atoms with Gasteiger partial charge >= 0.3 is 6.03 Å². The van der Waals surface area contributed by atoms with E-state index in [1.807, 2.05) is 35.7 Å². The number of carbonyl (C=O) groups excluding carboxylic acids is 1. The van der Waals surface area contributed by atoms with Gasteiger partial charge < -0.3 is 10.2 Å². The molecule has 0 spiro atoms. The van der Waals surface area contributed by atoms with Crippen molar-refractivity contribution in [2.24, 2.45) is 0 Å². The number of nitrogens with one attached hydrogen (secondary N) is 2. The van der Waals surface area contributed by atoms with E-state index >= 15 is 0 Å². The van der Waals surface area contributed by atoms with Gasteiger partial charge in [-0.3, -0.25) is 5.10 Å². The molecule has 7 heteroatoms. The van der Waals surface area contributed by atoms with E-state index in [9.17, 15) is 4.79 Å². The SMILES string of the molecule is CN(Cc1nccs1)C(=O)Nc1ccc(-c2ccn[nH]2)cc1. The van der Waals surface area contributed by atoms with Crippen LogP contribution in [-0.4, -0.2) is 33.2 Å². The van der Waals surface area contributed by atoms with Gasteiger partial charge in [0.25, 0.3) is 0 Å². The van der Waals surface area contributed by atoms with Crippen molar-refractivity contribution < 1.29 is 4.79 Å². The number of rotatable bonds is 4. The Morgan fingerprint density at radius 2 is 2.09 bits per heavy atom. The van der Waals surface area contributed by atoms with Gasteiger partial charge in [0.1, 0.15) is 5.01 Å². The molecule has 0 radical (unpaired) electrons. The molecule has 0 aliphatic carbocycles. The molecule has 0 fully saturated rings. The molecule has 0 bridgehead atoms. The van der Waals surface area contributed by atoms with E-state index < -0.39 is 0 Å². The summed E-state index contributed by atoms with van der Waals surface area (Å²) in [4.78, 5) is 17.9. The number of amides is 2. The number of aromatic nitrogens is 3. The Morgan fingerprint density at radius 3 is 2.73 bits per heavy atom. The molecule has 2 heterocycles. The molecule has 0 unspecified atom stereocenters. The molecule has 1 aromatic carbocycles. The maximum atomic E-state index is 12.1. The topological polar surface area (TPSA) is 73.9 Å². The van der Waals surface area contributed by atoms with Crippen molar-refractivity contribution in [1.82, 2.24) is 20.1 Å². The van der Waals surface area contributed by atoms with Crippen molar-refractivity contribution in [3.8, 4) is 11.3 Å². The third-order valence-corrected chi connectivity index (χ3v) is 3.91. The molecule has 2 N–H and O–H groups in total. The van der Waals surface area contributed by atoms with Crippen LogP contribution in [0.1, 0.15) is 5.01 Å². The van der Waals surface area contributed by atoms with Crippen molar-refractivity contribution >= 4 is 23.1 Å². The highest BCUT2D eigenvalue weighted by molar-refractivity contribution is 7.09. The van der Waals surface area contributed by atoms with Crippen molar-refractivity contribution in [1.29, 1.82) is 0 Å². The smallest absolute Gasteiger partial charge is 0.321 e. The van der Waals surface area contributed by atoms with Crippen LogP contribution in [0.5, 0.6) is 0 Å². The first-order valence-electron chi connectivity index (χ1n) is 6.72. The van der Waals surface area contributed by atoms with Crippen LogP contribution in [0.25, 0.3) is 11.3 Å². The Labute approximate surface area is 131 Å². The Morgan fingerprint density at radius 1 is 1.27 bits per heavy atom. The van der Waals surface area contributed by atoms with Crippen LogP contribution in [-0.2, 0) is 6.54 Å². The van der Waals surface area contributed by atoms with Crippen LogP contribution in [0.4, 0.5) is 10.5 Å². The first kappa shape index (κ1) is 14.3. The molecule has 6 nitrogen and oxygen atoms in total. The van der Waals surface area contributed by atoms with Gasteiger partial charge in [-0.05, 0) is 23.8 Å². The van der Waals surface area contributed by atoms with Gasteiger partial charge in [0.05, 0.1) is 12.2 Å². The quantitative estimate of drug-likeness (QED) is 0.777. The van der Waals surface area contributed by atoms with E-state index in [2.05, 4.69) is 20.5 Å². The third-order valence-electron chi connectivity index (χ3n) is 3.15. The second kappa shape index (κ2) is 6.40. The zero-order valence-electron chi connectivity index (χ0n) is 12.0. The van der Waals surface area contributed by atoms with Crippen LogP contribution >= 0.6 is 11.3 Å². The maximum absolute atomic E-state index is 12.1. The highest BCUT2D eigenvalue weighted by atomic mass is 32.1. The molecular weight excluding hydrogens is 298 g/mol. The van der Waals surface area contributed by atoms with E-state index in [-0.39, 0.29) is 6.03 Å². The summed E-state index contributed by atoms with van der Waals surface area (Å²) < 4.78 is 0. The fraction of sp³-hybridized carbons (Fsp3) is 0.133. The van der Waals surface area contributed by atoms with E-state index in [0.29, 0.717) is 6.54 Å². The van der Waals surface area contributed by atoms with Crippen molar-refractivity contribution in [3.05, 3.63) is 53.1 Å².